The van der Waals surface area contributed by atoms with E-state index in [9.17, 15) is 9.59 Å². The normalized spacial score (nSPS) is 10.7. The molecule has 100 valence electrons. The van der Waals surface area contributed by atoms with Crippen LogP contribution >= 0.6 is 0 Å². The number of ether oxygens (including phenoxy) is 1. The Morgan fingerprint density at radius 3 is 2.75 bits per heavy atom. The molecule has 0 fully saturated rings. The molecule has 0 spiro atoms. The summed E-state index contributed by atoms with van der Waals surface area (Å²) in [5.41, 5.74) is -0.0935. The first-order valence-electron chi connectivity index (χ1n) is 5.95. The van der Waals surface area contributed by atoms with E-state index in [1.54, 1.807) is 36.5 Å². The summed E-state index contributed by atoms with van der Waals surface area (Å²) in [5, 5.41) is 0.332. The van der Waals surface area contributed by atoms with Crippen molar-refractivity contribution in [3.63, 3.8) is 0 Å². The second-order valence-corrected chi connectivity index (χ2v) is 4.16. The maximum absolute atomic E-state index is 12.6. The highest BCUT2D eigenvalue weighted by molar-refractivity contribution is 5.84. The van der Waals surface area contributed by atoms with Crippen LogP contribution in [0.1, 0.15) is 0 Å². The van der Waals surface area contributed by atoms with Crippen LogP contribution < -0.4 is 16.0 Å². The van der Waals surface area contributed by atoms with Crippen molar-refractivity contribution in [3.8, 4) is 11.4 Å². The van der Waals surface area contributed by atoms with Crippen LogP contribution in [0.4, 0.5) is 0 Å². The summed E-state index contributed by atoms with van der Waals surface area (Å²) >= 11 is 0. The van der Waals surface area contributed by atoms with Crippen LogP contribution in [0.25, 0.3) is 16.6 Å². The molecule has 0 bridgehead atoms. The van der Waals surface area contributed by atoms with E-state index >= 15 is 0 Å². The highest BCUT2D eigenvalue weighted by Gasteiger charge is 2.12. The third-order valence-electron chi connectivity index (χ3n) is 3.01. The minimum atomic E-state index is -0.510. The van der Waals surface area contributed by atoms with Gasteiger partial charge in [-0.3, -0.25) is 9.78 Å². The predicted octanol–water partition coefficient (Wildman–Crippen LogP) is 1.08. The van der Waals surface area contributed by atoms with E-state index in [2.05, 4.69) is 9.97 Å². The molecule has 0 saturated carbocycles. The molecular formula is C14H11N3O3. The van der Waals surface area contributed by atoms with Crippen LogP contribution in [-0.2, 0) is 0 Å². The zero-order chi connectivity index (χ0) is 14.1. The van der Waals surface area contributed by atoms with Gasteiger partial charge < -0.3 is 9.72 Å². The average Bonchev–Trinajstić information content (AvgIpc) is 2.47. The van der Waals surface area contributed by atoms with Crippen molar-refractivity contribution in [2.75, 3.05) is 7.11 Å². The number of aromatic nitrogens is 3. The van der Waals surface area contributed by atoms with E-state index in [-0.39, 0.29) is 0 Å². The zero-order valence-corrected chi connectivity index (χ0v) is 10.7. The third kappa shape index (κ3) is 1.78. The van der Waals surface area contributed by atoms with Gasteiger partial charge in [-0.1, -0.05) is 6.07 Å². The summed E-state index contributed by atoms with van der Waals surface area (Å²) in [6, 6.07) is 8.35. The highest BCUT2D eigenvalue weighted by Crippen LogP contribution is 2.19. The summed E-state index contributed by atoms with van der Waals surface area (Å²) < 4.78 is 6.23. The number of methoxy groups -OCH3 is 1. The van der Waals surface area contributed by atoms with Crippen molar-refractivity contribution in [3.05, 3.63) is 63.6 Å². The number of benzene rings is 1. The maximum atomic E-state index is 12.6. The molecule has 1 N–H and O–H groups in total. The van der Waals surface area contributed by atoms with E-state index in [1.165, 1.54) is 13.3 Å². The first-order chi connectivity index (χ1) is 9.72. The van der Waals surface area contributed by atoms with Crippen LogP contribution in [0.2, 0.25) is 0 Å². The van der Waals surface area contributed by atoms with Crippen LogP contribution in [-0.4, -0.2) is 21.6 Å². The van der Waals surface area contributed by atoms with E-state index in [0.29, 0.717) is 22.3 Å². The molecule has 0 amide bonds. The summed E-state index contributed by atoms with van der Waals surface area (Å²) in [7, 11) is 1.48. The molecule has 0 unspecified atom stereocenters. The molecule has 6 heteroatoms. The van der Waals surface area contributed by atoms with E-state index < -0.39 is 11.2 Å². The number of fused-ring (bicyclic) bond motifs is 1. The molecule has 6 nitrogen and oxygen atoms in total. The first-order valence-corrected chi connectivity index (χ1v) is 5.95. The molecule has 0 aliphatic carbocycles. The van der Waals surface area contributed by atoms with Gasteiger partial charge in [-0.2, -0.15) is 0 Å². The molecule has 0 aliphatic heterocycles. The number of pyridine rings is 1. The molecule has 1 aromatic carbocycles. The summed E-state index contributed by atoms with van der Waals surface area (Å²) in [5.74, 6) is 0.418. The highest BCUT2D eigenvalue weighted by atomic mass is 16.5. The number of aromatic amines is 1. The Morgan fingerprint density at radius 1 is 1.20 bits per heavy atom. The lowest BCUT2D eigenvalue weighted by Crippen LogP contribution is -2.33. The van der Waals surface area contributed by atoms with Gasteiger partial charge in [-0.15, -0.1) is 0 Å². The standard InChI is InChI=1S/C14H11N3O3/c1-20-11-6-2-5-10-12(11)13(18)17(14(19)16-10)9-4-3-7-15-8-9/h2-8H,1H3,(H,16,19). The summed E-state index contributed by atoms with van der Waals surface area (Å²) in [6.07, 6.45) is 3.03. The van der Waals surface area contributed by atoms with Gasteiger partial charge in [0.1, 0.15) is 11.1 Å². The van der Waals surface area contributed by atoms with Crippen molar-refractivity contribution in [2.24, 2.45) is 0 Å². The molecule has 2 aromatic heterocycles. The Hall–Kier alpha value is -2.89. The van der Waals surface area contributed by atoms with Gasteiger partial charge >= 0.3 is 5.69 Å². The Bertz CT molecular complexity index is 882. The number of hydrogen-bond donors (Lipinski definition) is 1. The smallest absolute Gasteiger partial charge is 0.333 e. The Balaban J connectivity index is 2.46. The van der Waals surface area contributed by atoms with Crippen molar-refractivity contribution in [1.82, 2.24) is 14.5 Å². The number of hydrogen-bond acceptors (Lipinski definition) is 4. The minimum absolute atomic E-state index is 0.332. The Morgan fingerprint density at radius 2 is 2.05 bits per heavy atom. The average molecular weight is 269 g/mol. The molecular weight excluding hydrogens is 258 g/mol. The van der Waals surface area contributed by atoms with Gasteiger partial charge in [0.15, 0.2) is 0 Å². The maximum Gasteiger partial charge on any atom is 0.333 e. The van der Waals surface area contributed by atoms with E-state index in [4.69, 9.17) is 4.74 Å². The third-order valence-corrected chi connectivity index (χ3v) is 3.01. The van der Waals surface area contributed by atoms with Crippen LogP contribution in [0.3, 0.4) is 0 Å². The van der Waals surface area contributed by atoms with E-state index in [1.807, 2.05) is 0 Å². The number of H-pyrrole nitrogens is 1. The quantitative estimate of drug-likeness (QED) is 0.755. The fraction of sp³-hybridized carbons (Fsp3) is 0.0714. The second kappa shape index (κ2) is 4.65. The van der Waals surface area contributed by atoms with E-state index in [0.717, 1.165) is 4.57 Å². The number of rotatable bonds is 2. The molecule has 0 atom stereocenters. The van der Waals surface area contributed by atoms with Crippen molar-refractivity contribution >= 4 is 10.9 Å². The largest absolute Gasteiger partial charge is 0.496 e. The molecule has 3 rings (SSSR count). The van der Waals surface area contributed by atoms with Crippen molar-refractivity contribution < 1.29 is 4.74 Å². The number of nitrogens with zero attached hydrogens (tertiary/aromatic N) is 2. The summed E-state index contributed by atoms with van der Waals surface area (Å²) in [4.78, 5) is 31.3. The molecule has 3 aromatic rings. The Labute approximate surface area is 113 Å². The van der Waals surface area contributed by atoms with Gasteiger partial charge in [-0.25, -0.2) is 9.36 Å². The van der Waals surface area contributed by atoms with Crippen molar-refractivity contribution in [1.29, 1.82) is 0 Å². The Kier molecular flexibility index (Phi) is 2.83. The van der Waals surface area contributed by atoms with Gasteiger partial charge in [0.05, 0.1) is 24.5 Å². The van der Waals surface area contributed by atoms with Gasteiger partial charge in [-0.05, 0) is 24.3 Å². The van der Waals surface area contributed by atoms with Gasteiger partial charge in [0, 0.05) is 6.20 Å². The van der Waals surface area contributed by atoms with Crippen molar-refractivity contribution in [2.45, 2.75) is 0 Å². The fourth-order valence-corrected chi connectivity index (χ4v) is 2.12. The summed E-state index contributed by atoms with van der Waals surface area (Å²) in [6.45, 7) is 0. The minimum Gasteiger partial charge on any atom is -0.496 e. The molecule has 20 heavy (non-hydrogen) atoms. The monoisotopic (exact) mass is 269 g/mol. The lowest BCUT2D eigenvalue weighted by molar-refractivity contribution is 0.419. The first kappa shape index (κ1) is 12.2. The SMILES string of the molecule is COc1cccc2[nH]c(=O)n(-c3cccnc3)c(=O)c12. The van der Waals surface area contributed by atoms with Crippen LogP contribution in [0.15, 0.2) is 52.3 Å². The molecule has 0 aliphatic rings. The molecule has 2 heterocycles. The zero-order valence-electron chi connectivity index (χ0n) is 10.7. The van der Waals surface area contributed by atoms with Gasteiger partial charge in [0.2, 0.25) is 0 Å². The number of nitrogens with one attached hydrogen (secondary N) is 1. The molecule has 0 saturated heterocycles. The fourth-order valence-electron chi connectivity index (χ4n) is 2.12. The van der Waals surface area contributed by atoms with Crippen LogP contribution in [0.5, 0.6) is 5.75 Å². The predicted molar refractivity (Wildman–Crippen MR) is 74.5 cm³/mol. The van der Waals surface area contributed by atoms with Gasteiger partial charge in [0.25, 0.3) is 5.56 Å². The lowest BCUT2D eigenvalue weighted by Gasteiger charge is -2.08. The molecule has 0 radical (unpaired) electrons. The topological polar surface area (TPSA) is 77.0 Å². The second-order valence-electron chi connectivity index (χ2n) is 4.16. The van der Waals surface area contributed by atoms with Crippen LogP contribution in [0, 0.1) is 0 Å². The lowest BCUT2D eigenvalue weighted by atomic mass is 10.2.